The predicted molar refractivity (Wildman–Crippen MR) is 121 cm³/mol. The van der Waals surface area contributed by atoms with E-state index in [2.05, 4.69) is 37.7 Å². The normalized spacial score (nSPS) is 10.9. The molecule has 4 rings (SSSR count). The summed E-state index contributed by atoms with van der Waals surface area (Å²) in [4.78, 5) is 24.9. The number of nitrogens with zero attached hydrogens (tertiary/aromatic N) is 2. The fraction of sp³-hybridized carbons (Fsp3) is 0.208. The molecule has 3 N–H and O–H groups in total. The third-order valence-corrected chi connectivity index (χ3v) is 5.08. The Kier molecular flexibility index (Phi) is 5.48. The van der Waals surface area contributed by atoms with Crippen LogP contribution in [0.15, 0.2) is 54.7 Å². The van der Waals surface area contributed by atoms with Crippen LogP contribution in [0.5, 0.6) is 0 Å². The lowest BCUT2D eigenvalue weighted by atomic mass is 10.1. The Morgan fingerprint density at radius 2 is 1.87 bits per heavy atom. The van der Waals surface area contributed by atoms with Crippen molar-refractivity contribution in [3.8, 4) is 0 Å². The van der Waals surface area contributed by atoms with E-state index in [0.29, 0.717) is 18.2 Å². The van der Waals surface area contributed by atoms with Crippen molar-refractivity contribution in [3.63, 3.8) is 0 Å². The molecule has 152 valence electrons. The highest BCUT2D eigenvalue weighted by molar-refractivity contribution is 6.03. The summed E-state index contributed by atoms with van der Waals surface area (Å²) in [6.07, 6.45) is 2.86. The first-order valence-corrected chi connectivity index (χ1v) is 10.0. The average Bonchev–Trinajstić information content (AvgIpc) is 3.13. The number of benzene rings is 2. The van der Waals surface area contributed by atoms with Gasteiger partial charge in [0.1, 0.15) is 5.69 Å². The highest BCUT2D eigenvalue weighted by atomic mass is 16.1. The predicted octanol–water partition coefficient (Wildman–Crippen LogP) is 4.79. The number of hydrogen-bond acceptors (Lipinski definition) is 4. The molecule has 0 unspecified atom stereocenters. The molecule has 2 aromatic carbocycles. The third kappa shape index (κ3) is 4.33. The van der Waals surface area contributed by atoms with E-state index in [-0.39, 0.29) is 5.91 Å². The van der Waals surface area contributed by atoms with Crippen LogP contribution < -0.4 is 10.6 Å². The Morgan fingerprint density at radius 1 is 1.03 bits per heavy atom. The van der Waals surface area contributed by atoms with E-state index in [9.17, 15) is 4.79 Å². The summed E-state index contributed by atoms with van der Waals surface area (Å²) >= 11 is 0. The van der Waals surface area contributed by atoms with Crippen molar-refractivity contribution >= 4 is 28.4 Å². The van der Waals surface area contributed by atoms with Crippen molar-refractivity contribution in [2.45, 2.75) is 27.2 Å². The molecule has 4 aromatic rings. The Bertz CT molecular complexity index is 1210. The molecule has 0 atom stereocenters. The second-order valence-electron chi connectivity index (χ2n) is 7.53. The number of carbonyl (C=O) groups is 1. The molecule has 0 bridgehead atoms. The molecule has 0 fully saturated rings. The summed E-state index contributed by atoms with van der Waals surface area (Å²) in [5, 5.41) is 7.43. The Labute approximate surface area is 175 Å². The van der Waals surface area contributed by atoms with Gasteiger partial charge in [-0.15, -0.1) is 0 Å². The van der Waals surface area contributed by atoms with Gasteiger partial charge < -0.3 is 15.6 Å². The molecule has 0 aliphatic heterocycles. The lowest BCUT2D eigenvalue weighted by molar-refractivity contribution is 0.102. The monoisotopic (exact) mass is 399 g/mol. The molecule has 6 nitrogen and oxygen atoms in total. The van der Waals surface area contributed by atoms with Crippen molar-refractivity contribution in [2.24, 2.45) is 0 Å². The smallest absolute Gasteiger partial charge is 0.274 e. The van der Waals surface area contributed by atoms with E-state index in [4.69, 9.17) is 0 Å². The third-order valence-electron chi connectivity index (χ3n) is 5.08. The second kappa shape index (κ2) is 8.37. The number of hydrogen-bond donors (Lipinski definition) is 3. The number of nitrogens with one attached hydrogen (secondary N) is 3. The molecule has 2 aromatic heterocycles. The summed E-state index contributed by atoms with van der Waals surface area (Å²) < 4.78 is 0. The van der Waals surface area contributed by atoms with Crippen molar-refractivity contribution in [1.82, 2.24) is 15.0 Å². The first-order chi connectivity index (χ1) is 14.5. The summed E-state index contributed by atoms with van der Waals surface area (Å²) in [5.74, 6) is 0.217. The maximum Gasteiger partial charge on any atom is 0.274 e. The SMILES string of the molecule is Cc1ccc(C)c(NC(=O)c2cc(C)nc(NCCc3c[nH]c4ccccc34)n2)c1. The maximum atomic E-state index is 12.8. The lowest BCUT2D eigenvalue weighted by Crippen LogP contribution is -2.17. The molecule has 0 spiro atoms. The van der Waals surface area contributed by atoms with Gasteiger partial charge in [0, 0.05) is 35.0 Å². The van der Waals surface area contributed by atoms with Gasteiger partial charge in [-0.1, -0.05) is 30.3 Å². The number of anilines is 2. The van der Waals surface area contributed by atoms with Gasteiger partial charge in [0.05, 0.1) is 0 Å². The van der Waals surface area contributed by atoms with Gasteiger partial charge in [-0.2, -0.15) is 0 Å². The Balaban J connectivity index is 1.45. The summed E-state index contributed by atoms with van der Waals surface area (Å²) in [6, 6.07) is 15.9. The zero-order valence-corrected chi connectivity index (χ0v) is 17.4. The molecule has 0 aliphatic carbocycles. The zero-order chi connectivity index (χ0) is 21.1. The number of rotatable bonds is 6. The number of fused-ring (bicyclic) bond motifs is 1. The molecule has 0 radical (unpaired) electrons. The van der Waals surface area contributed by atoms with Gasteiger partial charge in [0.25, 0.3) is 5.91 Å². The van der Waals surface area contributed by atoms with E-state index in [1.807, 2.05) is 57.3 Å². The minimum Gasteiger partial charge on any atom is -0.361 e. The van der Waals surface area contributed by atoms with Crippen LogP contribution in [0, 0.1) is 20.8 Å². The quantitative estimate of drug-likeness (QED) is 0.435. The average molecular weight is 399 g/mol. The molecule has 30 heavy (non-hydrogen) atoms. The number of carbonyl (C=O) groups excluding carboxylic acids is 1. The fourth-order valence-corrected chi connectivity index (χ4v) is 3.47. The van der Waals surface area contributed by atoms with Crippen molar-refractivity contribution < 1.29 is 4.79 Å². The number of para-hydroxylation sites is 1. The number of aromatic nitrogens is 3. The molecule has 2 heterocycles. The molecular weight excluding hydrogens is 374 g/mol. The van der Waals surface area contributed by atoms with Gasteiger partial charge in [-0.25, -0.2) is 9.97 Å². The molecule has 0 saturated heterocycles. The number of aryl methyl sites for hydroxylation is 3. The van der Waals surface area contributed by atoms with Gasteiger partial charge >= 0.3 is 0 Å². The Morgan fingerprint density at radius 3 is 2.73 bits per heavy atom. The van der Waals surface area contributed by atoms with Crippen LogP contribution in [0.4, 0.5) is 11.6 Å². The van der Waals surface area contributed by atoms with Crippen LogP contribution in [0.1, 0.15) is 32.9 Å². The van der Waals surface area contributed by atoms with E-state index < -0.39 is 0 Å². The van der Waals surface area contributed by atoms with Crippen LogP contribution in [0.25, 0.3) is 10.9 Å². The van der Waals surface area contributed by atoms with Crippen LogP contribution in [-0.4, -0.2) is 27.4 Å². The first kappa shape index (κ1) is 19.6. The molecule has 1 amide bonds. The van der Waals surface area contributed by atoms with Crippen LogP contribution >= 0.6 is 0 Å². The highest BCUT2D eigenvalue weighted by Gasteiger charge is 2.12. The van der Waals surface area contributed by atoms with Gasteiger partial charge in [0.15, 0.2) is 0 Å². The van der Waals surface area contributed by atoms with E-state index >= 15 is 0 Å². The van der Waals surface area contributed by atoms with Crippen molar-refractivity contribution in [1.29, 1.82) is 0 Å². The summed E-state index contributed by atoms with van der Waals surface area (Å²) in [6.45, 7) is 6.50. The first-order valence-electron chi connectivity index (χ1n) is 10.0. The van der Waals surface area contributed by atoms with Crippen LogP contribution in [0.3, 0.4) is 0 Å². The van der Waals surface area contributed by atoms with Gasteiger partial charge in [-0.3, -0.25) is 4.79 Å². The molecule has 0 aliphatic rings. The van der Waals surface area contributed by atoms with E-state index in [0.717, 1.165) is 34.4 Å². The van der Waals surface area contributed by atoms with Crippen molar-refractivity contribution in [2.75, 3.05) is 17.2 Å². The molecule has 6 heteroatoms. The minimum atomic E-state index is -0.242. The standard InChI is InChI=1S/C24H25N5O/c1-15-8-9-16(2)21(12-15)28-23(30)22-13-17(3)27-24(29-22)25-11-10-18-14-26-20-7-5-4-6-19(18)20/h4-9,12-14,26H,10-11H2,1-3H3,(H,28,30)(H,25,27,29). The van der Waals surface area contributed by atoms with Crippen molar-refractivity contribution in [3.05, 3.63) is 82.8 Å². The highest BCUT2D eigenvalue weighted by Crippen LogP contribution is 2.19. The zero-order valence-electron chi connectivity index (χ0n) is 17.4. The second-order valence-corrected chi connectivity index (χ2v) is 7.53. The molecule has 0 saturated carbocycles. The minimum absolute atomic E-state index is 0.242. The lowest BCUT2D eigenvalue weighted by Gasteiger charge is -2.11. The summed E-state index contributed by atoms with van der Waals surface area (Å²) in [7, 11) is 0. The maximum absolute atomic E-state index is 12.8. The van der Waals surface area contributed by atoms with E-state index in [1.165, 1.54) is 10.9 Å². The van der Waals surface area contributed by atoms with E-state index in [1.54, 1.807) is 6.07 Å². The number of H-pyrrole nitrogens is 1. The number of amides is 1. The van der Waals surface area contributed by atoms with Gasteiger partial charge in [0.2, 0.25) is 5.95 Å². The fourth-order valence-electron chi connectivity index (χ4n) is 3.47. The van der Waals surface area contributed by atoms with Gasteiger partial charge in [-0.05, 0) is 62.1 Å². The van der Waals surface area contributed by atoms with Crippen LogP contribution in [0.2, 0.25) is 0 Å². The topological polar surface area (TPSA) is 82.7 Å². The summed E-state index contributed by atoms with van der Waals surface area (Å²) in [5.41, 5.74) is 6.35. The van der Waals surface area contributed by atoms with Crippen LogP contribution in [-0.2, 0) is 6.42 Å². The number of aromatic amines is 1. The Hall–Kier alpha value is -3.67. The largest absolute Gasteiger partial charge is 0.361 e. The molecular formula is C24H25N5O.